The number of hydrogen-bond acceptors (Lipinski definition) is 4. The molecule has 0 rings (SSSR count). The third-order valence-corrected chi connectivity index (χ3v) is 4.70. The summed E-state index contributed by atoms with van der Waals surface area (Å²) in [7, 11) is 3.17. The van der Waals surface area contributed by atoms with Crippen molar-refractivity contribution < 1.29 is 13.8 Å². The van der Waals surface area contributed by atoms with Crippen molar-refractivity contribution in [2.45, 2.75) is 13.3 Å². The van der Waals surface area contributed by atoms with Crippen LogP contribution in [0.2, 0.25) is 0 Å². The van der Waals surface area contributed by atoms with Crippen LogP contribution in [0.4, 0.5) is 0 Å². The largest absolute Gasteiger partial charge is 0.381 e. The van der Waals surface area contributed by atoms with Crippen LogP contribution in [-0.2, 0) is 25.6 Å². The molecule has 0 atom stereocenters. The topological polar surface area (TPSA) is 27.7 Å². The van der Waals surface area contributed by atoms with Gasteiger partial charge in [0.05, 0.1) is 6.61 Å². The van der Waals surface area contributed by atoms with Gasteiger partial charge in [-0.2, -0.15) is 0 Å². The average Bonchev–Trinajstić information content (AvgIpc) is 2.12. The molecule has 0 unspecified atom stereocenters. The molecule has 0 aliphatic heterocycles. The van der Waals surface area contributed by atoms with E-state index in [0.29, 0.717) is 12.8 Å². The van der Waals surface area contributed by atoms with E-state index >= 15 is 0 Å². The number of hydrogen-bond donors (Lipinski definition) is 0. The van der Waals surface area contributed by atoms with Gasteiger partial charge in [0.2, 0.25) is 0 Å². The van der Waals surface area contributed by atoms with Crippen molar-refractivity contribution in [3.63, 3.8) is 0 Å². The van der Waals surface area contributed by atoms with Gasteiger partial charge in [-0.15, -0.1) is 0 Å². The van der Waals surface area contributed by atoms with Crippen LogP contribution in [0.1, 0.15) is 13.3 Å². The van der Waals surface area contributed by atoms with Crippen molar-refractivity contribution >= 4 is 18.3 Å². The van der Waals surface area contributed by atoms with E-state index in [1.54, 1.807) is 14.2 Å². The summed E-state index contributed by atoms with van der Waals surface area (Å²) in [6.45, 7) is 1.47. The molecule has 0 aromatic heterocycles. The molecule has 3 nitrogen and oxygen atoms in total. The monoisotopic (exact) mass is 212 g/mol. The summed E-state index contributed by atoms with van der Waals surface area (Å²) in [5, 5.41) is 0. The van der Waals surface area contributed by atoms with Crippen LogP contribution in [0.15, 0.2) is 0 Å². The predicted molar refractivity (Wildman–Crippen MR) is 54.3 cm³/mol. The first-order chi connectivity index (χ1) is 5.68. The Morgan fingerprint density at radius 2 is 1.75 bits per heavy atom. The zero-order chi connectivity index (χ0) is 9.45. The third-order valence-electron chi connectivity index (χ3n) is 1.41. The van der Waals surface area contributed by atoms with Crippen molar-refractivity contribution in [1.29, 1.82) is 0 Å². The fourth-order valence-electron chi connectivity index (χ4n) is 0.680. The molecule has 5 heteroatoms. The Hall–Kier alpha value is 0.530. The highest BCUT2D eigenvalue weighted by Crippen LogP contribution is 2.46. The quantitative estimate of drug-likeness (QED) is 0.476. The van der Waals surface area contributed by atoms with Gasteiger partial charge in [0.25, 0.3) is 0 Å². The van der Waals surface area contributed by atoms with Crippen molar-refractivity contribution in [3.8, 4) is 0 Å². The molecule has 0 heterocycles. The van der Waals surface area contributed by atoms with E-state index in [4.69, 9.17) is 25.6 Å². The standard InChI is InChI=1S/C7H17O3PS/c1-4-5-10-6-7-11(12,8-2)9-3/h4-7H2,1-3H3. The highest BCUT2D eigenvalue weighted by Gasteiger charge is 2.13. The smallest absolute Gasteiger partial charge is 0.190 e. The van der Waals surface area contributed by atoms with E-state index in [-0.39, 0.29) is 0 Å². The predicted octanol–water partition coefficient (Wildman–Crippen LogP) is 2.02. The maximum absolute atomic E-state index is 5.28. The zero-order valence-electron chi connectivity index (χ0n) is 7.91. The fraction of sp³-hybridized carbons (Fsp3) is 1.00. The summed E-state index contributed by atoms with van der Waals surface area (Å²) >= 11 is 5.14. The lowest BCUT2D eigenvalue weighted by molar-refractivity contribution is 0.146. The Kier molecular flexibility index (Phi) is 7.29. The van der Waals surface area contributed by atoms with Gasteiger partial charge in [-0.3, -0.25) is 0 Å². The highest BCUT2D eigenvalue weighted by atomic mass is 32.5. The second-order valence-corrected chi connectivity index (χ2v) is 6.38. The number of ether oxygens (including phenoxy) is 1. The van der Waals surface area contributed by atoms with Crippen molar-refractivity contribution in [2.75, 3.05) is 33.6 Å². The van der Waals surface area contributed by atoms with Crippen LogP contribution in [0.25, 0.3) is 0 Å². The molecule has 0 aromatic rings. The molecule has 0 amide bonds. The van der Waals surface area contributed by atoms with Gasteiger partial charge in [-0.25, -0.2) is 0 Å². The first-order valence-corrected chi connectivity index (χ1v) is 6.79. The van der Waals surface area contributed by atoms with Gasteiger partial charge >= 0.3 is 0 Å². The fourth-order valence-corrected chi connectivity index (χ4v) is 1.77. The van der Waals surface area contributed by atoms with E-state index in [2.05, 4.69) is 6.92 Å². The Balaban J connectivity index is 3.52. The maximum Gasteiger partial charge on any atom is 0.190 e. The van der Waals surface area contributed by atoms with Crippen molar-refractivity contribution in [3.05, 3.63) is 0 Å². The van der Waals surface area contributed by atoms with E-state index in [1.165, 1.54) is 0 Å². The third kappa shape index (κ3) is 5.22. The average molecular weight is 212 g/mol. The molecule has 0 aromatic carbocycles. The van der Waals surface area contributed by atoms with Crippen LogP contribution in [-0.4, -0.2) is 33.6 Å². The van der Waals surface area contributed by atoms with Crippen LogP contribution >= 0.6 is 6.49 Å². The second kappa shape index (κ2) is 6.98. The molecular weight excluding hydrogens is 195 g/mol. The maximum atomic E-state index is 5.28. The molecule has 12 heavy (non-hydrogen) atoms. The van der Waals surface area contributed by atoms with Gasteiger partial charge in [-0.05, 0) is 18.2 Å². The van der Waals surface area contributed by atoms with E-state index in [1.807, 2.05) is 0 Å². The number of rotatable bonds is 7. The van der Waals surface area contributed by atoms with Gasteiger partial charge in [0, 0.05) is 27.0 Å². The molecule has 0 radical (unpaired) electrons. The van der Waals surface area contributed by atoms with Crippen LogP contribution in [0.3, 0.4) is 0 Å². The first kappa shape index (κ1) is 12.5. The van der Waals surface area contributed by atoms with Crippen LogP contribution in [0.5, 0.6) is 0 Å². The lowest BCUT2D eigenvalue weighted by atomic mass is 10.5. The highest BCUT2D eigenvalue weighted by molar-refractivity contribution is 8.09. The Morgan fingerprint density at radius 3 is 2.17 bits per heavy atom. The Bertz CT molecular complexity index is 144. The van der Waals surface area contributed by atoms with Crippen molar-refractivity contribution in [1.82, 2.24) is 0 Å². The minimum atomic E-state index is -2.01. The molecule has 0 saturated heterocycles. The first-order valence-electron chi connectivity index (χ1n) is 3.96. The summed E-state index contributed by atoms with van der Waals surface area (Å²) in [6.07, 6.45) is 1.72. The molecule has 0 N–H and O–H groups in total. The van der Waals surface area contributed by atoms with Gasteiger partial charge in [0.1, 0.15) is 0 Å². The summed E-state index contributed by atoms with van der Waals surface area (Å²) in [5.74, 6) is 0. The van der Waals surface area contributed by atoms with Crippen LogP contribution in [0, 0.1) is 0 Å². The molecular formula is C7H17O3PS. The molecule has 0 aliphatic rings. The van der Waals surface area contributed by atoms with E-state index in [0.717, 1.165) is 13.0 Å². The summed E-state index contributed by atoms with van der Waals surface area (Å²) in [6, 6.07) is 0. The normalized spacial score (nSPS) is 11.9. The van der Waals surface area contributed by atoms with Gasteiger partial charge < -0.3 is 13.8 Å². The Morgan fingerprint density at radius 1 is 1.17 bits per heavy atom. The Labute approximate surface area is 79.6 Å². The SMILES string of the molecule is CCCOCCP(=S)(OC)OC. The molecule has 0 bridgehead atoms. The lowest BCUT2D eigenvalue weighted by Gasteiger charge is -2.17. The molecule has 0 fully saturated rings. The van der Waals surface area contributed by atoms with Gasteiger partial charge in [-0.1, -0.05) is 6.92 Å². The lowest BCUT2D eigenvalue weighted by Crippen LogP contribution is -2.03. The molecule has 0 aliphatic carbocycles. The zero-order valence-corrected chi connectivity index (χ0v) is 9.62. The second-order valence-electron chi connectivity index (χ2n) is 2.31. The minimum Gasteiger partial charge on any atom is -0.381 e. The molecule has 74 valence electrons. The van der Waals surface area contributed by atoms with E-state index in [9.17, 15) is 0 Å². The molecule has 0 saturated carbocycles. The summed E-state index contributed by atoms with van der Waals surface area (Å²) < 4.78 is 15.5. The van der Waals surface area contributed by atoms with Crippen LogP contribution < -0.4 is 0 Å². The molecule has 0 spiro atoms. The van der Waals surface area contributed by atoms with Gasteiger partial charge in [0.15, 0.2) is 6.49 Å². The summed E-state index contributed by atoms with van der Waals surface area (Å²) in [4.78, 5) is 0. The summed E-state index contributed by atoms with van der Waals surface area (Å²) in [5.41, 5.74) is 0. The van der Waals surface area contributed by atoms with Crippen molar-refractivity contribution in [2.24, 2.45) is 0 Å². The van der Waals surface area contributed by atoms with E-state index < -0.39 is 6.49 Å². The minimum absolute atomic E-state index is 0.632.